The zero-order chi connectivity index (χ0) is 5.98. The van der Waals surface area contributed by atoms with Gasteiger partial charge >= 0.3 is 0 Å². The SMILES string of the molecule is CO[C@@H]1CC[C@@H]1CO. The summed E-state index contributed by atoms with van der Waals surface area (Å²) in [6.45, 7) is 0.290. The van der Waals surface area contributed by atoms with E-state index in [1.807, 2.05) is 0 Å². The highest BCUT2D eigenvalue weighted by atomic mass is 16.5. The van der Waals surface area contributed by atoms with Crippen LogP contribution in [0.15, 0.2) is 0 Å². The maximum absolute atomic E-state index is 8.61. The van der Waals surface area contributed by atoms with Gasteiger partial charge in [0.1, 0.15) is 0 Å². The fourth-order valence-corrected chi connectivity index (χ4v) is 1.06. The Balaban J connectivity index is 2.16. The molecule has 0 radical (unpaired) electrons. The number of aliphatic hydroxyl groups is 1. The Morgan fingerprint density at radius 2 is 2.38 bits per heavy atom. The molecule has 2 atom stereocenters. The molecule has 2 nitrogen and oxygen atoms in total. The van der Waals surface area contributed by atoms with Crippen LogP contribution < -0.4 is 0 Å². The zero-order valence-corrected chi connectivity index (χ0v) is 5.13. The molecule has 48 valence electrons. The van der Waals surface area contributed by atoms with Gasteiger partial charge < -0.3 is 9.84 Å². The van der Waals surface area contributed by atoms with Crippen molar-refractivity contribution in [3.63, 3.8) is 0 Å². The molecule has 1 rings (SSSR count). The van der Waals surface area contributed by atoms with Crippen molar-refractivity contribution in [1.82, 2.24) is 0 Å². The van der Waals surface area contributed by atoms with Crippen molar-refractivity contribution < 1.29 is 9.84 Å². The van der Waals surface area contributed by atoms with Crippen molar-refractivity contribution in [2.75, 3.05) is 13.7 Å². The first-order valence-electron chi connectivity index (χ1n) is 3.02. The zero-order valence-electron chi connectivity index (χ0n) is 5.13. The molecule has 1 saturated carbocycles. The summed E-state index contributed by atoms with van der Waals surface area (Å²) in [6, 6.07) is 0. The number of hydrogen-bond donors (Lipinski definition) is 1. The molecule has 8 heavy (non-hydrogen) atoms. The molecule has 2 heteroatoms. The van der Waals surface area contributed by atoms with Gasteiger partial charge in [0, 0.05) is 19.6 Å². The van der Waals surface area contributed by atoms with Crippen LogP contribution in [-0.4, -0.2) is 24.9 Å². The van der Waals surface area contributed by atoms with E-state index >= 15 is 0 Å². The quantitative estimate of drug-likeness (QED) is 0.566. The molecule has 0 unspecified atom stereocenters. The molecule has 0 aromatic carbocycles. The molecule has 0 amide bonds. The van der Waals surface area contributed by atoms with Crippen molar-refractivity contribution in [3.8, 4) is 0 Å². The minimum absolute atomic E-state index is 0.290. The van der Waals surface area contributed by atoms with Gasteiger partial charge in [-0.1, -0.05) is 0 Å². The monoisotopic (exact) mass is 116 g/mol. The predicted molar refractivity (Wildman–Crippen MR) is 30.6 cm³/mol. The van der Waals surface area contributed by atoms with Crippen molar-refractivity contribution in [1.29, 1.82) is 0 Å². The second-order valence-electron chi connectivity index (χ2n) is 2.29. The highest BCUT2D eigenvalue weighted by Crippen LogP contribution is 2.28. The summed E-state index contributed by atoms with van der Waals surface area (Å²) in [5.74, 6) is 0.431. The Hall–Kier alpha value is -0.0800. The molecule has 0 heterocycles. The maximum atomic E-state index is 8.61. The third-order valence-corrected chi connectivity index (χ3v) is 1.89. The lowest BCUT2D eigenvalue weighted by atomic mass is 9.83. The van der Waals surface area contributed by atoms with E-state index in [4.69, 9.17) is 9.84 Å². The van der Waals surface area contributed by atoms with E-state index in [1.165, 1.54) is 0 Å². The van der Waals surface area contributed by atoms with Crippen LogP contribution in [0.1, 0.15) is 12.8 Å². The van der Waals surface area contributed by atoms with Crippen molar-refractivity contribution >= 4 is 0 Å². The van der Waals surface area contributed by atoms with Gasteiger partial charge in [0.2, 0.25) is 0 Å². The Morgan fingerprint density at radius 3 is 2.50 bits per heavy atom. The molecule has 0 saturated heterocycles. The number of rotatable bonds is 2. The third-order valence-electron chi connectivity index (χ3n) is 1.89. The standard InChI is InChI=1S/C6H12O2/c1-8-6-3-2-5(6)4-7/h5-7H,2-4H2,1H3/t5-,6-/m1/s1. The summed E-state index contributed by atoms with van der Waals surface area (Å²) in [5.41, 5.74) is 0. The van der Waals surface area contributed by atoms with Gasteiger partial charge in [0.25, 0.3) is 0 Å². The molecule has 0 bridgehead atoms. The fourth-order valence-electron chi connectivity index (χ4n) is 1.06. The Morgan fingerprint density at radius 1 is 1.62 bits per heavy atom. The van der Waals surface area contributed by atoms with Gasteiger partial charge in [-0.2, -0.15) is 0 Å². The summed E-state index contributed by atoms with van der Waals surface area (Å²) < 4.78 is 5.03. The van der Waals surface area contributed by atoms with E-state index in [-0.39, 0.29) is 0 Å². The van der Waals surface area contributed by atoms with Gasteiger partial charge in [-0.15, -0.1) is 0 Å². The largest absolute Gasteiger partial charge is 0.396 e. The van der Waals surface area contributed by atoms with Gasteiger partial charge in [-0.3, -0.25) is 0 Å². The number of hydrogen-bond acceptors (Lipinski definition) is 2. The molecule has 0 spiro atoms. The smallest absolute Gasteiger partial charge is 0.0621 e. The van der Waals surface area contributed by atoms with E-state index in [1.54, 1.807) is 7.11 Å². The molecule has 1 aliphatic rings. The molecule has 0 aliphatic heterocycles. The summed E-state index contributed by atoms with van der Waals surface area (Å²) in [5, 5.41) is 8.61. The van der Waals surface area contributed by atoms with Crippen LogP contribution >= 0.6 is 0 Å². The van der Waals surface area contributed by atoms with Gasteiger partial charge in [0.15, 0.2) is 0 Å². The van der Waals surface area contributed by atoms with E-state index in [0.29, 0.717) is 18.6 Å². The number of aliphatic hydroxyl groups excluding tert-OH is 1. The predicted octanol–water partition coefficient (Wildman–Crippen LogP) is 0.404. The lowest BCUT2D eigenvalue weighted by Gasteiger charge is -2.33. The topological polar surface area (TPSA) is 29.5 Å². The second-order valence-corrected chi connectivity index (χ2v) is 2.29. The second kappa shape index (κ2) is 2.46. The van der Waals surface area contributed by atoms with Crippen LogP contribution in [0.2, 0.25) is 0 Å². The van der Waals surface area contributed by atoms with Gasteiger partial charge in [-0.25, -0.2) is 0 Å². The molecule has 0 aromatic heterocycles. The maximum Gasteiger partial charge on any atom is 0.0621 e. The van der Waals surface area contributed by atoms with Crippen molar-refractivity contribution in [2.24, 2.45) is 5.92 Å². The summed E-state index contributed by atoms with van der Waals surface area (Å²) in [6.07, 6.45) is 2.61. The van der Waals surface area contributed by atoms with Gasteiger partial charge in [0.05, 0.1) is 6.10 Å². The Labute approximate surface area is 49.5 Å². The number of ether oxygens (including phenoxy) is 1. The Kier molecular flexibility index (Phi) is 1.86. The van der Waals surface area contributed by atoms with E-state index in [0.717, 1.165) is 12.8 Å². The summed E-state index contributed by atoms with van der Waals surface area (Å²) >= 11 is 0. The summed E-state index contributed by atoms with van der Waals surface area (Å²) in [7, 11) is 1.70. The van der Waals surface area contributed by atoms with Crippen LogP contribution in [-0.2, 0) is 4.74 Å². The molecular weight excluding hydrogens is 104 g/mol. The van der Waals surface area contributed by atoms with E-state index in [9.17, 15) is 0 Å². The first-order chi connectivity index (χ1) is 3.88. The molecule has 1 N–H and O–H groups in total. The third kappa shape index (κ3) is 0.858. The summed E-state index contributed by atoms with van der Waals surface area (Å²) in [4.78, 5) is 0. The minimum Gasteiger partial charge on any atom is -0.396 e. The average Bonchev–Trinajstić information content (AvgIpc) is 1.66. The van der Waals surface area contributed by atoms with Crippen LogP contribution in [0.5, 0.6) is 0 Å². The van der Waals surface area contributed by atoms with Crippen LogP contribution in [0, 0.1) is 5.92 Å². The van der Waals surface area contributed by atoms with Crippen LogP contribution in [0.4, 0.5) is 0 Å². The lowest BCUT2D eigenvalue weighted by Crippen LogP contribution is -2.35. The minimum atomic E-state index is 0.290. The number of methoxy groups -OCH3 is 1. The molecule has 1 fully saturated rings. The van der Waals surface area contributed by atoms with E-state index in [2.05, 4.69) is 0 Å². The van der Waals surface area contributed by atoms with Gasteiger partial charge in [-0.05, 0) is 12.8 Å². The van der Waals surface area contributed by atoms with Crippen LogP contribution in [0.25, 0.3) is 0 Å². The molecule has 1 aliphatic carbocycles. The Bertz CT molecular complexity index is 58.9. The normalized spacial score (nSPS) is 36.8. The van der Waals surface area contributed by atoms with Crippen molar-refractivity contribution in [2.45, 2.75) is 18.9 Å². The highest BCUT2D eigenvalue weighted by Gasteiger charge is 2.29. The average molecular weight is 116 g/mol. The first-order valence-corrected chi connectivity index (χ1v) is 3.02. The first kappa shape index (κ1) is 6.05. The highest BCUT2D eigenvalue weighted by molar-refractivity contribution is 4.80. The van der Waals surface area contributed by atoms with E-state index < -0.39 is 0 Å². The molecule has 0 aromatic rings. The lowest BCUT2D eigenvalue weighted by molar-refractivity contribution is -0.0389. The van der Waals surface area contributed by atoms with Crippen LogP contribution in [0.3, 0.4) is 0 Å². The fraction of sp³-hybridized carbons (Fsp3) is 1.00. The van der Waals surface area contributed by atoms with Crippen molar-refractivity contribution in [3.05, 3.63) is 0 Å². The molecular formula is C6H12O2.